The van der Waals surface area contributed by atoms with Crippen LogP contribution < -0.4 is 0 Å². The molecular weight excluding hydrogens is 957 g/mol. The molecule has 0 fully saturated rings. The van der Waals surface area contributed by atoms with Gasteiger partial charge in [0.05, 0.1) is 0 Å². The summed E-state index contributed by atoms with van der Waals surface area (Å²) in [7, 11) is 0. The molecule has 0 spiro atoms. The molecule has 0 N–H and O–H groups in total. The Hall–Kier alpha value is -10.1. The van der Waals surface area contributed by atoms with Gasteiger partial charge in [0.15, 0.2) is 52.4 Å². The molecule has 0 aliphatic carbocycles. The minimum atomic E-state index is 0. The van der Waals surface area contributed by atoms with Crippen molar-refractivity contribution in [3.63, 3.8) is 0 Å². The van der Waals surface area contributed by atoms with Crippen molar-refractivity contribution in [3.8, 4) is 104 Å². The zero-order chi connectivity index (χ0) is 48.6. The minimum absolute atomic E-state index is 0. The van der Waals surface area contributed by atoms with Gasteiger partial charge in [-0.15, -0.1) is 0 Å². The SMILES string of the molecule is [Fe+2].c1ccc(-c2nc(-c3ccccn3)nc(-c3ccccn3)n2)nc1.c1ccc(-c2nc(-c3ccccn3)nc(-c3ccccn3)n2)nc1.c1ccc(-c2nc(-c3ccccn3)nc(-c3ccccn3)n2)nc1. The Morgan fingerprint density at radius 2 is 0.260 bits per heavy atom. The summed E-state index contributed by atoms with van der Waals surface area (Å²) in [6.07, 6.45) is 15.4. The zero-order valence-electron chi connectivity index (χ0n) is 38.2. The summed E-state index contributed by atoms with van der Waals surface area (Å²) in [6, 6.07) is 50.5. The van der Waals surface area contributed by atoms with Crippen molar-refractivity contribution in [2.45, 2.75) is 0 Å². The second-order valence-corrected chi connectivity index (χ2v) is 14.9. The molecule has 348 valence electrons. The van der Waals surface area contributed by atoms with Gasteiger partial charge in [0.25, 0.3) is 0 Å². The molecule has 19 heteroatoms. The van der Waals surface area contributed by atoms with Gasteiger partial charge in [-0.3, -0.25) is 44.9 Å². The van der Waals surface area contributed by atoms with E-state index in [2.05, 4.69) is 89.7 Å². The van der Waals surface area contributed by atoms with Gasteiger partial charge < -0.3 is 0 Å². The fourth-order valence-corrected chi connectivity index (χ4v) is 6.61. The molecule has 0 amide bonds. The van der Waals surface area contributed by atoms with Gasteiger partial charge >= 0.3 is 17.1 Å². The third-order valence-corrected chi connectivity index (χ3v) is 9.95. The Balaban J connectivity index is 0.000000134. The number of aromatic nitrogens is 18. The van der Waals surface area contributed by atoms with Crippen LogP contribution in [0.1, 0.15) is 0 Å². The van der Waals surface area contributed by atoms with Crippen molar-refractivity contribution in [3.05, 3.63) is 220 Å². The molecule has 12 aromatic rings. The quantitative estimate of drug-likeness (QED) is 0.123. The summed E-state index contributed by atoms with van der Waals surface area (Å²) in [5, 5.41) is 0. The van der Waals surface area contributed by atoms with Gasteiger partial charge in [-0.05, 0) is 109 Å². The van der Waals surface area contributed by atoms with E-state index in [1.165, 1.54) is 0 Å². The first-order valence-electron chi connectivity index (χ1n) is 22.2. The molecule has 0 bridgehead atoms. The maximum atomic E-state index is 4.52. The van der Waals surface area contributed by atoms with Crippen LogP contribution in [0.3, 0.4) is 0 Å². The Bertz CT molecular complexity index is 2800. The van der Waals surface area contributed by atoms with E-state index in [1.807, 2.05) is 164 Å². The molecule has 0 atom stereocenters. The van der Waals surface area contributed by atoms with Crippen LogP contribution in [0, 0.1) is 0 Å². The third kappa shape index (κ3) is 12.4. The van der Waals surface area contributed by atoms with Crippen LogP contribution in [0.4, 0.5) is 0 Å². The minimum Gasteiger partial charge on any atom is -0.253 e. The van der Waals surface area contributed by atoms with Gasteiger partial charge in [-0.2, -0.15) is 0 Å². The van der Waals surface area contributed by atoms with Crippen molar-refractivity contribution in [2.75, 3.05) is 0 Å². The number of pyridine rings is 9. The summed E-state index contributed by atoms with van der Waals surface area (Å²) in [4.78, 5) is 79.6. The van der Waals surface area contributed by atoms with Crippen molar-refractivity contribution in [2.24, 2.45) is 0 Å². The van der Waals surface area contributed by atoms with Crippen LogP contribution in [0.15, 0.2) is 220 Å². The van der Waals surface area contributed by atoms with Gasteiger partial charge in [-0.1, -0.05) is 54.6 Å². The van der Waals surface area contributed by atoms with E-state index >= 15 is 0 Å². The fourth-order valence-electron chi connectivity index (χ4n) is 6.61. The molecule has 0 saturated heterocycles. The normalized spacial score (nSPS) is 10.4. The molecule has 12 aromatic heterocycles. The number of hydrogen-bond donors (Lipinski definition) is 0. The van der Waals surface area contributed by atoms with Crippen LogP contribution in [-0.4, -0.2) is 89.7 Å². The maximum Gasteiger partial charge on any atom is 2.00 e. The van der Waals surface area contributed by atoms with Crippen molar-refractivity contribution in [1.82, 2.24) is 89.7 Å². The van der Waals surface area contributed by atoms with Crippen LogP contribution in [0.2, 0.25) is 0 Å². The first-order valence-corrected chi connectivity index (χ1v) is 22.2. The standard InChI is InChI=1S/3C18H12N6.Fe/c3*1-4-10-19-13(7-1)16-22-17(14-8-2-5-11-20-14)24-18(23-16)15-9-3-6-12-21-15;/h3*1-12H;/q;;;+2. The monoisotopic (exact) mass is 992 g/mol. The van der Waals surface area contributed by atoms with Gasteiger partial charge in [0.2, 0.25) is 0 Å². The van der Waals surface area contributed by atoms with Crippen LogP contribution in [-0.2, 0) is 17.1 Å². The van der Waals surface area contributed by atoms with Crippen LogP contribution in [0.25, 0.3) is 104 Å². The largest absolute Gasteiger partial charge is 2.00 e. The van der Waals surface area contributed by atoms with E-state index < -0.39 is 0 Å². The average Bonchev–Trinajstić information content (AvgIpc) is 3.49. The molecule has 0 aromatic carbocycles. The van der Waals surface area contributed by atoms with Crippen molar-refractivity contribution in [1.29, 1.82) is 0 Å². The summed E-state index contributed by atoms with van der Waals surface area (Å²) in [6.45, 7) is 0. The second-order valence-electron chi connectivity index (χ2n) is 14.9. The van der Waals surface area contributed by atoms with E-state index in [1.54, 1.807) is 55.8 Å². The van der Waals surface area contributed by atoms with Crippen LogP contribution in [0.5, 0.6) is 0 Å². The van der Waals surface area contributed by atoms with E-state index in [9.17, 15) is 0 Å². The molecule has 12 heterocycles. The van der Waals surface area contributed by atoms with Gasteiger partial charge in [0.1, 0.15) is 51.2 Å². The van der Waals surface area contributed by atoms with E-state index in [0.29, 0.717) is 104 Å². The average molecular weight is 993 g/mol. The molecule has 0 aliphatic rings. The Labute approximate surface area is 428 Å². The molecule has 0 unspecified atom stereocenters. The Morgan fingerprint density at radius 3 is 0.342 bits per heavy atom. The predicted octanol–water partition coefficient (Wildman–Crippen LogP) is 9.17. The van der Waals surface area contributed by atoms with E-state index in [-0.39, 0.29) is 17.1 Å². The molecule has 0 saturated carbocycles. The van der Waals surface area contributed by atoms with Crippen molar-refractivity contribution >= 4 is 0 Å². The van der Waals surface area contributed by atoms with Crippen LogP contribution >= 0.6 is 0 Å². The molecule has 73 heavy (non-hydrogen) atoms. The summed E-state index contributed by atoms with van der Waals surface area (Å²) in [5.41, 5.74) is 6.08. The molecule has 0 aliphatic heterocycles. The number of nitrogens with zero attached hydrogens (tertiary/aromatic N) is 18. The van der Waals surface area contributed by atoms with Gasteiger partial charge in [0, 0.05) is 55.8 Å². The Kier molecular flexibility index (Phi) is 15.7. The Morgan fingerprint density at radius 1 is 0.151 bits per heavy atom. The van der Waals surface area contributed by atoms with Crippen molar-refractivity contribution < 1.29 is 17.1 Å². The second kappa shape index (κ2) is 24.0. The molecule has 18 nitrogen and oxygen atoms in total. The third-order valence-electron chi connectivity index (χ3n) is 9.95. The predicted molar refractivity (Wildman–Crippen MR) is 269 cm³/mol. The molecule has 0 radical (unpaired) electrons. The van der Waals surface area contributed by atoms with Gasteiger partial charge in [-0.25, -0.2) is 44.9 Å². The first-order chi connectivity index (χ1) is 35.7. The maximum absolute atomic E-state index is 4.52. The molecular formula is C54H36FeN18+2. The fraction of sp³-hybridized carbons (Fsp3) is 0. The zero-order valence-corrected chi connectivity index (χ0v) is 39.3. The van der Waals surface area contributed by atoms with E-state index in [4.69, 9.17) is 0 Å². The summed E-state index contributed by atoms with van der Waals surface area (Å²) < 4.78 is 0. The summed E-state index contributed by atoms with van der Waals surface area (Å²) in [5.74, 6) is 4.43. The topological polar surface area (TPSA) is 232 Å². The summed E-state index contributed by atoms with van der Waals surface area (Å²) >= 11 is 0. The number of hydrogen-bond acceptors (Lipinski definition) is 18. The smallest absolute Gasteiger partial charge is 0.253 e. The number of rotatable bonds is 9. The molecule has 12 rings (SSSR count). The van der Waals surface area contributed by atoms with E-state index in [0.717, 1.165) is 0 Å². The first kappa shape index (κ1) is 47.9.